The molecule has 1 amide bonds. The van der Waals surface area contributed by atoms with E-state index in [0.29, 0.717) is 44.0 Å². The van der Waals surface area contributed by atoms with Crippen LogP contribution in [-0.4, -0.2) is 57.6 Å². The number of carbonyl (C=O) groups excluding carboxylic acids is 1. The monoisotopic (exact) mass is 324 g/mol. The molecule has 8 nitrogen and oxygen atoms in total. The third kappa shape index (κ3) is 4.69. The van der Waals surface area contributed by atoms with Gasteiger partial charge in [-0.3, -0.25) is 14.7 Å². The van der Waals surface area contributed by atoms with Gasteiger partial charge in [-0.2, -0.15) is 0 Å². The highest BCUT2D eigenvalue weighted by molar-refractivity contribution is 5.68. The number of nitrogens with zero attached hydrogens (tertiary/aromatic N) is 2. The van der Waals surface area contributed by atoms with Crippen LogP contribution in [0, 0.1) is 6.92 Å². The molecule has 23 heavy (non-hydrogen) atoms. The van der Waals surface area contributed by atoms with Gasteiger partial charge in [-0.25, -0.2) is 9.59 Å². The second-order valence-corrected chi connectivity index (χ2v) is 6.76. The number of rotatable bonds is 2. The first-order valence-electron chi connectivity index (χ1n) is 7.68. The molecule has 0 bridgehead atoms. The van der Waals surface area contributed by atoms with Crippen LogP contribution < -0.4 is 11.2 Å². The van der Waals surface area contributed by atoms with Gasteiger partial charge in [0.1, 0.15) is 5.60 Å². The number of piperazine rings is 1. The fourth-order valence-corrected chi connectivity index (χ4v) is 2.45. The Morgan fingerprint density at radius 2 is 1.74 bits per heavy atom. The molecule has 128 valence electrons. The number of carbonyl (C=O) groups is 1. The standard InChI is InChI=1S/C15H24N4O4/c1-10-11(12(20)17-13(21)16-10)9-18-5-7-19(8-6-18)14(22)23-15(2,3)4/h5-9H2,1-4H3,(H2,16,17,20,21). The van der Waals surface area contributed by atoms with E-state index in [9.17, 15) is 14.4 Å². The van der Waals surface area contributed by atoms with Crippen LogP contribution in [0.2, 0.25) is 0 Å². The van der Waals surface area contributed by atoms with Gasteiger partial charge >= 0.3 is 11.8 Å². The minimum Gasteiger partial charge on any atom is -0.444 e. The molecule has 0 spiro atoms. The van der Waals surface area contributed by atoms with Crippen molar-refractivity contribution in [2.75, 3.05) is 26.2 Å². The molecule has 0 aromatic carbocycles. The first-order chi connectivity index (χ1) is 10.7. The van der Waals surface area contributed by atoms with Crippen molar-refractivity contribution in [1.29, 1.82) is 0 Å². The fourth-order valence-electron chi connectivity index (χ4n) is 2.45. The number of H-pyrrole nitrogens is 2. The second-order valence-electron chi connectivity index (χ2n) is 6.76. The Labute approximate surface area is 134 Å². The molecule has 1 saturated heterocycles. The van der Waals surface area contributed by atoms with Crippen LogP contribution in [0.25, 0.3) is 0 Å². The normalized spacial score (nSPS) is 16.4. The van der Waals surface area contributed by atoms with Crippen molar-refractivity contribution in [3.8, 4) is 0 Å². The van der Waals surface area contributed by atoms with E-state index in [-0.39, 0.29) is 11.7 Å². The summed E-state index contributed by atoms with van der Waals surface area (Å²) in [5, 5.41) is 0. The zero-order chi connectivity index (χ0) is 17.2. The molecule has 1 aromatic rings. The van der Waals surface area contributed by atoms with Crippen LogP contribution in [-0.2, 0) is 11.3 Å². The van der Waals surface area contributed by atoms with Crippen molar-refractivity contribution in [1.82, 2.24) is 19.8 Å². The maximum atomic E-state index is 12.0. The quantitative estimate of drug-likeness (QED) is 0.822. The summed E-state index contributed by atoms with van der Waals surface area (Å²) < 4.78 is 5.36. The molecule has 2 rings (SSSR count). The highest BCUT2D eigenvalue weighted by atomic mass is 16.6. The Hall–Kier alpha value is -2.09. The maximum absolute atomic E-state index is 12.0. The van der Waals surface area contributed by atoms with E-state index < -0.39 is 11.3 Å². The third-order valence-electron chi connectivity index (χ3n) is 3.66. The number of ether oxygens (including phenoxy) is 1. The first-order valence-corrected chi connectivity index (χ1v) is 7.68. The predicted molar refractivity (Wildman–Crippen MR) is 85.5 cm³/mol. The van der Waals surface area contributed by atoms with Gasteiger partial charge < -0.3 is 14.6 Å². The summed E-state index contributed by atoms with van der Waals surface area (Å²) in [5.74, 6) is 0. The van der Waals surface area contributed by atoms with Crippen molar-refractivity contribution in [3.05, 3.63) is 32.1 Å². The number of aromatic amines is 2. The third-order valence-corrected chi connectivity index (χ3v) is 3.66. The lowest BCUT2D eigenvalue weighted by Gasteiger charge is -2.35. The Morgan fingerprint density at radius 1 is 1.13 bits per heavy atom. The van der Waals surface area contributed by atoms with Crippen LogP contribution in [0.1, 0.15) is 32.0 Å². The van der Waals surface area contributed by atoms with E-state index in [1.165, 1.54) is 0 Å². The molecular formula is C15H24N4O4. The fraction of sp³-hybridized carbons (Fsp3) is 0.667. The topological polar surface area (TPSA) is 98.5 Å². The van der Waals surface area contributed by atoms with Crippen LogP contribution >= 0.6 is 0 Å². The number of amides is 1. The van der Waals surface area contributed by atoms with Gasteiger partial charge in [0.2, 0.25) is 0 Å². The van der Waals surface area contributed by atoms with E-state index in [0.717, 1.165) is 0 Å². The first kappa shape index (κ1) is 17.3. The lowest BCUT2D eigenvalue weighted by atomic mass is 10.2. The minimum absolute atomic E-state index is 0.310. The average molecular weight is 324 g/mol. The maximum Gasteiger partial charge on any atom is 0.410 e. The summed E-state index contributed by atoms with van der Waals surface area (Å²) >= 11 is 0. The largest absolute Gasteiger partial charge is 0.444 e. The number of hydrogen-bond donors (Lipinski definition) is 2. The number of aromatic nitrogens is 2. The highest BCUT2D eigenvalue weighted by Gasteiger charge is 2.26. The summed E-state index contributed by atoms with van der Waals surface area (Å²) in [4.78, 5) is 43.7. The summed E-state index contributed by atoms with van der Waals surface area (Å²) in [6.45, 7) is 10.1. The van der Waals surface area contributed by atoms with E-state index in [2.05, 4.69) is 14.9 Å². The Morgan fingerprint density at radius 3 is 2.26 bits per heavy atom. The highest BCUT2D eigenvalue weighted by Crippen LogP contribution is 2.13. The van der Waals surface area contributed by atoms with Gasteiger partial charge in [0.15, 0.2) is 0 Å². The summed E-state index contributed by atoms with van der Waals surface area (Å²) in [6.07, 6.45) is -0.310. The molecule has 2 heterocycles. The van der Waals surface area contributed by atoms with Crippen molar-refractivity contribution >= 4 is 6.09 Å². The molecule has 0 unspecified atom stereocenters. The van der Waals surface area contributed by atoms with Crippen molar-refractivity contribution in [2.24, 2.45) is 0 Å². The van der Waals surface area contributed by atoms with Gasteiger partial charge in [0.25, 0.3) is 5.56 Å². The number of aryl methyl sites for hydroxylation is 1. The van der Waals surface area contributed by atoms with Crippen LogP contribution in [0.4, 0.5) is 4.79 Å². The van der Waals surface area contributed by atoms with Gasteiger partial charge in [0.05, 0.1) is 5.56 Å². The van der Waals surface area contributed by atoms with Gasteiger partial charge in [0, 0.05) is 38.4 Å². The van der Waals surface area contributed by atoms with Crippen LogP contribution in [0.5, 0.6) is 0 Å². The molecule has 8 heteroatoms. The Bertz CT molecular complexity index is 678. The predicted octanol–water partition coefficient (Wildman–Crippen LogP) is 0.424. The van der Waals surface area contributed by atoms with E-state index in [1.54, 1.807) is 11.8 Å². The molecule has 0 aliphatic carbocycles. The molecule has 1 aromatic heterocycles. The lowest BCUT2D eigenvalue weighted by Crippen LogP contribution is -2.50. The lowest BCUT2D eigenvalue weighted by molar-refractivity contribution is 0.0138. The zero-order valence-corrected chi connectivity index (χ0v) is 14.1. The van der Waals surface area contributed by atoms with E-state index in [4.69, 9.17) is 4.74 Å². The van der Waals surface area contributed by atoms with Gasteiger partial charge in [-0.15, -0.1) is 0 Å². The van der Waals surface area contributed by atoms with Crippen molar-refractivity contribution < 1.29 is 9.53 Å². The Kier molecular flexibility index (Phi) is 4.93. The molecule has 0 atom stereocenters. The molecule has 1 fully saturated rings. The van der Waals surface area contributed by atoms with Gasteiger partial charge in [-0.1, -0.05) is 0 Å². The van der Waals surface area contributed by atoms with Crippen molar-refractivity contribution in [2.45, 2.75) is 39.8 Å². The summed E-state index contributed by atoms with van der Waals surface area (Å²) in [5.41, 5.74) is -0.232. The van der Waals surface area contributed by atoms with Gasteiger partial charge in [-0.05, 0) is 27.7 Å². The molecule has 1 aliphatic rings. The van der Waals surface area contributed by atoms with Crippen LogP contribution in [0.15, 0.2) is 9.59 Å². The molecule has 1 aliphatic heterocycles. The molecule has 0 radical (unpaired) electrons. The second kappa shape index (κ2) is 6.57. The smallest absolute Gasteiger partial charge is 0.410 e. The zero-order valence-electron chi connectivity index (χ0n) is 14.1. The minimum atomic E-state index is -0.505. The summed E-state index contributed by atoms with van der Waals surface area (Å²) in [7, 11) is 0. The van der Waals surface area contributed by atoms with E-state index in [1.807, 2.05) is 20.8 Å². The average Bonchev–Trinajstić information content (AvgIpc) is 2.41. The van der Waals surface area contributed by atoms with Crippen molar-refractivity contribution in [3.63, 3.8) is 0 Å². The van der Waals surface area contributed by atoms with E-state index >= 15 is 0 Å². The molecular weight excluding hydrogens is 300 g/mol. The molecule has 0 saturated carbocycles. The summed E-state index contributed by atoms with van der Waals surface area (Å²) in [6, 6.07) is 0. The SMILES string of the molecule is Cc1[nH]c(=O)[nH]c(=O)c1CN1CCN(C(=O)OC(C)(C)C)CC1. The van der Waals surface area contributed by atoms with Crippen LogP contribution in [0.3, 0.4) is 0 Å². The number of nitrogens with one attached hydrogen (secondary N) is 2. The Balaban J connectivity index is 1.94. The molecule has 2 N–H and O–H groups in total. The number of hydrogen-bond acceptors (Lipinski definition) is 5.